The van der Waals surface area contributed by atoms with E-state index in [0.29, 0.717) is 27.8 Å². The number of hydrogen-bond donors (Lipinski definition) is 2. The molecular formula is C25H25N3O4S2. The molecule has 0 fully saturated rings. The SMILES string of the molecule is CCOC(=O)c1c(NC(=S)Nc2ccc(-c3ccccc3[N+](=O)[O-])cc2)sc2c1CCCCC2. The molecule has 3 aromatic rings. The summed E-state index contributed by atoms with van der Waals surface area (Å²) in [6.45, 7) is 2.12. The summed E-state index contributed by atoms with van der Waals surface area (Å²) in [5.74, 6) is -0.319. The number of aryl methyl sites for hydroxylation is 1. The van der Waals surface area contributed by atoms with Gasteiger partial charge in [0.05, 0.1) is 22.7 Å². The fourth-order valence-corrected chi connectivity index (χ4v) is 5.69. The molecule has 176 valence electrons. The van der Waals surface area contributed by atoms with Gasteiger partial charge in [0, 0.05) is 16.6 Å². The number of ether oxygens (including phenoxy) is 1. The van der Waals surface area contributed by atoms with Crippen LogP contribution in [0.4, 0.5) is 16.4 Å². The summed E-state index contributed by atoms with van der Waals surface area (Å²) in [5.41, 5.74) is 3.77. The maximum absolute atomic E-state index is 12.7. The molecule has 1 heterocycles. The first-order valence-corrected chi connectivity index (χ1v) is 12.4. The lowest BCUT2D eigenvalue weighted by Crippen LogP contribution is -2.20. The van der Waals surface area contributed by atoms with Crippen LogP contribution in [-0.4, -0.2) is 22.6 Å². The molecule has 2 N–H and O–H groups in total. The Morgan fingerprint density at radius 3 is 2.56 bits per heavy atom. The van der Waals surface area contributed by atoms with Gasteiger partial charge in [-0.05, 0) is 74.2 Å². The second-order valence-corrected chi connectivity index (χ2v) is 9.43. The number of anilines is 2. The van der Waals surface area contributed by atoms with E-state index in [9.17, 15) is 14.9 Å². The summed E-state index contributed by atoms with van der Waals surface area (Å²) in [7, 11) is 0. The van der Waals surface area contributed by atoms with Crippen molar-refractivity contribution in [1.82, 2.24) is 0 Å². The van der Waals surface area contributed by atoms with Crippen LogP contribution in [0.25, 0.3) is 11.1 Å². The van der Waals surface area contributed by atoms with E-state index in [1.165, 1.54) is 10.9 Å². The first kappa shape index (κ1) is 23.8. The van der Waals surface area contributed by atoms with Crippen LogP contribution in [0.3, 0.4) is 0 Å². The maximum atomic E-state index is 12.7. The molecule has 1 aliphatic carbocycles. The molecule has 0 bridgehead atoms. The van der Waals surface area contributed by atoms with Crippen molar-refractivity contribution >= 4 is 51.0 Å². The number of hydrogen-bond acceptors (Lipinski definition) is 6. The number of benzene rings is 2. The Bertz CT molecular complexity index is 1220. The molecular weight excluding hydrogens is 470 g/mol. The minimum absolute atomic E-state index is 0.0596. The lowest BCUT2D eigenvalue weighted by Gasteiger charge is -2.12. The van der Waals surface area contributed by atoms with Gasteiger partial charge in [-0.1, -0.05) is 30.7 Å². The number of rotatable bonds is 6. The van der Waals surface area contributed by atoms with E-state index in [2.05, 4.69) is 10.6 Å². The standard InChI is InChI=1S/C25H25N3O4S2/c1-2-32-24(29)22-19-9-4-3-5-11-21(19)34-23(22)27-25(33)26-17-14-12-16(13-15-17)18-8-6-7-10-20(18)28(30)31/h6-8,10,12-15H,2-5,9,11H2,1H3,(H2,26,27,33). The second kappa shape index (κ2) is 10.8. The smallest absolute Gasteiger partial charge is 0.341 e. The molecule has 1 aromatic heterocycles. The van der Waals surface area contributed by atoms with Crippen molar-refractivity contribution in [2.24, 2.45) is 0 Å². The molecule has 0 amide bonds. The third kappa shape index (κ3) is 5.26. The zero-order valence-corrected chi connectivity index (χ0v) is 20.4. The van der Waals surface area contributed by atoms with Crippen LogP contribution in [0.5, 0.6) is 0 Å². The molecule has 2 aromatic carbocycles. The van der Waals surface area contributed by atoms with Crippen LogP contribution in [-0.2, 0) is 17.6 Å². The number of esters is 1. The fraction of sp³-hybridized carbons (Fsp3) is 0.280. The van der Waals surface area contributed by atoms with Crippen molar-refractivity contribution in [3.05, 3.63) is 74.6 Å². The monoisotopic (exact) mass is 495 g/mol. The van der Waals surface area contributed by atoms with Gasteiger partial charge >= 0.3 is 5.97 Å². The van der Waals surface area contributed by atoms with Crippen LogP contribution < -0.4 is 10.6 Å². The van der Waals surface area contributed by atoms with Crippen molar-refractivity contribution in [2.45, 2.75) is 39.0 Å². The highest BCUT2D eigenvalue weighted by Gasteiger charge is 2.26. The Morgan fingerprint density at radius 1 is 1.09 bits per heavy atom. The average Bonchev–Trinajstić information content (AvgIpc) is 2.99. The number of nitro groups is 1. The number of nitrogens with one attached hydrogen (secondary N) is 2. The van der Waals surface area contributed by atoms with Gasteiger partial charge in [0.15, 0.2) is 5.11 Å². The second-order valence-electron chi connectivity index (χ2n) is 7.92. The maximum Gasteiger partial charge on any atom is 0.341 e. The number of thiocarbonyl (C=S) groups is 1. The number of fused-ring (bicyclic) bond motifs is 1. The highest BCUT2D eigenvalue weighted by atomic mass is 32.1. The lowest BCUT2D eigenvalue weighted by molar-refractivity contribution is -0.384. The predicted molar refractivity (Wildman–Crippen MR) is 140 cm³/mol. The predicted octanol–water partition coefficient (Wildman–Crippen LogP) is 6.58. The first-order valence-electron chi connectivity index (χ1n) is 11.2. The van der Waals surface area contributed by atoms with Gasteiger partial charge in [0.25, 0.3) is 5.69 Å². The normalized spacial score (nSPS) is 12.9. The summed E-state index contributed by atoms with van der Waals surface area (Å²) < 4.78 is 5.33. The van der Waals surface area contributed by atoms with Gasteiger partial charge in [0.1, 0.15) is 5.00 Å². The van der Waals surface area contributed by atoms with Gasteiger partial charge in [-0.2, -0.15) is 0 Å². The van der Waals surface area contributed by atoms with Crippen molar-refractivity contribution in [3.8, 4) is 11.1 Å². The number of carbonyl (C=O) groups is 1. The third-order valence-electron chi connectivity index (χ3n) is 5.68. The Kier molecular flexibility index (Phi) is 7.54. The summed E-state index contributed by atoms with van der Waals surface area (Å²) in [6.07, 6.45) is 5.17. The van der Waals surface area contributed by atoms with Gasteiger partial charge in [0.2, 0.25) is 0 Å². The zero-order valence-electron chi connectivity index (χ0n) is 18.8. The van der Waals surface area contributed by atoms with Crippen molar-refractivity contribution < 1.29 is 14.5 Å². The van der Waals surface area contributed by atoms with Crippen LogP contribution in [0.2, 0.25) is 0 Å². The zero-order chi connectivity index (χ0) is 24.1. The van der Waals surface area contributed by atoms with Gasteiger partial charge in [-0.3, -0.25) is 10.1 Å². The third-order valence-corrected chi connectivity index (χ3v) is 7.09. The van der Waals surface area contributed by atoms with Gasteiger partial charge in [-0.15, -0.1) is 11.3 Å². The van der Waals surface area contributed by atoms with Crippen LogP contribution in [0.15, 0.2) is 48.5 Å². The molecule has 0 saturated heterocycles. The van der Waals surface area contributed by atoms with Crippen LogP contribution >= 0.6 is 23.6 Å². The van der Waals surface area contributed by atoms with E-state index in [1.54, 1.807) is 36.5 Å². The Hall–Kier alpha value is -3.30. The molecule has 0 radical (unpaired) electrons. The molecule has 1 aliphatic rings. The van der Waals surface area contributed by atoms with E-state index in [-0.39, 0.29) is 16.6 Å². The number of nitro benzene ring substituents is 1. The van der Waals surface area contributed by atoms with Crippen molar-refractivity contribution in [1.29, 1.82) is 0 Å². The summed E-state index contributed by atoms with van der Waals surface area (Å²) >= 11 is 7.09. The highest BCUT2D eigenvalue weighted by Crippen LogP contribution is 2.38. The number of nitrogens with zero attached hydrogens (tertiary/aromatic N) is 1. The van der Waals surface area contributed by atoms with E-state index in [1.807, 2.05) is 24.3 Å². The number of carbonyl (C=O) groups excluding carboxylic acids is 1. The molecule has 0 atom stereocenters. The quantitative estimate of drug-likeness (QED) is 0.131. The van der Waals surface area contributed by atoms with Gasteiger partial charge in [-0.25, -0.2) is 4.79 Å². The largest absolute Gasteiger partial charge is 0.462 e. The molecule has 7 nitrogen and oxygen atoms in total. The Morgan fingerprint density at radius 2 is 1.82 bits per heavy atom. The van der Waals surface area contributed by atoms with Crippen molar-refractivity contribution in [3.63, 3.8) is 0 Å². The first-order chi connectivity index (χ1) is 16.5. The molecule has 34 heavy (non-hydrogen) atoms. The lowest BCUT2D eigenvalue weighted by atomic mass is 10.0. The Labute approximate surface area is 207 Å². The highest BCUT2D eigenvalue weighted by molar-refractivity contribution is 7.80. The van der Waals surface area contributed by atoms with E-state index in [0.717, 1.165) is 48.9 Å². The number of para-hydroxylation sites is 1. The van der Waals surface area contributed by atoms with Crippen LogP contribution in [0, 0.1) is 10.1 Å². The van der Waals surface area contributed by atoms with Crippen LogP contribution in [0.1, 0.15) is 47.0 Å². The minimum atomic E-state index is -0.385. The average molecular weight is 496 g/mol. The molecule has 0 spiro atoms. The fourth-order valence-electron chi connectivity index (χ4n) is 4.13. The topological polar surface area (TPSA) is 93.5 Å². The molecule has 0 aliphatic heterocycles. The van der Waals surface area contributed by atoms with Gasteiger partial charge < -0.3 is 15.4 Å². The molecule has 9 heteroatoms. The number of thiophene rings is 1. The Balaban J connectivity index is 1.51. The van der Waals surface area contributed by atoms with Crippen molar-refractivity contribution in [2.75, 3.05) is 17.2 Å². The summed E-state index contributed by atoms with van der Waals surface area (Å²) in [5, 5.41) is 18.7. The molecule has 0 unspecified atom stereocenters. The summed E-state index contributed by atoms with van der Waals surface area (Å²) in [4.78, 5) is 24.9. The van der Waals surface area contributed by atoms with E-state index < -0.39 is 0 Å². The van der Waals surface area contributed by atoms with E-state index >= 15 is 0 Å². The minimum Gasteiger partial charge on any atom is -0.462 e. The molecule has 0 saturated carbocycles. The van der Waals surface area contributed by atoms with E-state index in [4.69, 9.17) is 17.0 Å². The molecule has 4 rings (SSSR count). The summed E-state index contributed by atoms with van der Waals surface area (Å²) in [6, 6.07) is 13.9.